The van der Waals surface area contributed by atoms with Gasteiger partial charge in [0.1, 0.15) is 5.82 Å². The van der Waals surface area contributed by atoms with E-state index in [1.54, 1.807) is 0 Å². The second-order valence-electron chi connectivity index (χ2n) is 5.66. The third-order valence-corrected chi connectivity index (χ3v) is 3.75. The number of H-pyrrole nitrogens is 1. The van der Waals surface area contributed by atoms with Gasteiger partial charge in [-0.1, -0.05) is 18.2 Å². The number of aryl methyl sites for hydroxylation is 1. The van der Waals surface area contributed by atoms with Crippen molar-refractivity contribution in [3.63, 3.8) is 0 Å². The lowest BCUT2D eigenvalue weighted by Crippen LogP contribution is -2.37. The summed E-state index contributed by atoms with van der Waals surface area (Å²) >= 11 is 0. The minimum absolute atomic E-state index is 0. The zero-order valence-electron chi connectivity index (χ0n) is 13.7. The molecule has 0 spiro atoms. The lowest BCUT2D eigenvalue weighted by atomic mass is 10.1. The SMILES string of the molecule is Cc1nc(-c2cccc(CN=C(N)NCC3CCCO3)c2)n[nH]1.I. The molecule has 0 aliphatic carbocycles. The normalized spacial score (nSPS) is 17.5. The fraction of sp³-hybridized carbons (Fsp3) is 0.438. The van der Waals surface area contributed by atoms with Gasteiger partial charge in [0.05, 0.1) is 12.6 Å². The lowest BCUT2D eigenvalue weighted by molar-refractivity contribution is 0.114. The Kier molecular flexibility index (Phi) is 6.98. The maximum Gasteiger partial charge on any atom is 0.189 e. The monoisotopic (exact) mass is 442 g/mol. The number of aromatic amines is 1. The predicted octanol–water partition coefficient (Wildman–Crippen LogP) is 1.98. The maximum absolute atomic E-state index is 5.91. The molecule has 0 bridgehead atoms. The summed E-state index contributed by atoms with van der Waals surface area (Å²) in [4.78, 5) is 8.71. The molecule has 130 valence electrons. The fourth-order valence-corrected chi connectivity index (χ4v) is 2.54. The molecule has 8 heteroatoms. The van der Waals surface area contributed by atoms with Gasteiger partial charge < -0.3 is 15.8 Å². The number of rotatable bonds is 5. The van der Waals surface area contributed by atoms with Crippen LogP contribution in [0.1, 0.15) is 24.2 Å². The Bertz CT molecular complexity index is 681. The summed E-state index contributed by atoms with van der Waals surface area (Å²) in [6.07, 6.45) is 2.45. The number of halogens is 1. The van der Waals surface area contributed by atoms with E-state index in [9.17, 15) is 0 Å². The second kappa shape index (κ2) is 8.97. The first kappa shape index (κ1) is 18.7. The van der Waals surface area contributed by atoms with Crippen LogP contribution in [-0.2, 0) is 11.3 Å². The van der Waals surface area contributed by atoms with Gasteiger partial charge in [0.2, 0.25) is 0 Å². The number of benzene rings is 1. The summed E-state index contributed by atoms with van der Waals surface area (Å²) < 4.78 is 5.54. The molecule has 0 saturated carbocycles. The molecule has 1 fully saturated rings. The van der Waals surface area contributed by atoms with Crippen LogP contribution in [-0.4, -0.2) is 40.4 Å². The number of aliphatic imine (C=N–C) groups is 1. The van der Waals surface area contributed by atoms with Gasteiger partial charge in [0.15, 0.2) is 11.8 Å². The number of nitrogens with one attached hydrogen (secondary N) is 2. The van der Waals surface area contributed by atoms with E-state index in [4.69, 9.17) is 10.5 Å². The van der Waals surface area contributed by atoms with Crippen molar-refractivity contribution >= 4 is 29.9 Å². The molecule has 1 saturated heterocycles. The summed E-state index contributed by atoms with van der Waals surface area (Å²) in [6.45, 7) is 3.95. The van der Waals surface area contributed by atoms with E-state index < -0.39 is 0 Å². The van der Waals surface area contributed by atoms with Crippen molar-refractivity contribution in [1.82, 2.24) is 20.5 Å². The molecular formula is C16H23IN6O. The first-order valence-electron chi connectivity index (χ1n) is 7.84. The molecule has 1 aromatic carbocycles. The van der Waals surface area contributed by atoms with Crippen LogP contribution in [0.25, 0.3) is 11.4 Å². The van der Waals surface area contributed by atoms with Gasteiger partial charge in [0.25, 0.3) is 0 Å². The minimum Gasteiger partial charge on any atom is -0.376 e. The molecule has 0 amide bonds. The van der Waals surface area contributed by atoms with Gasteiger partial charge in [-0.3, -0.25) is 5.10 Å². The molecule has 1 aliphatic heterocycles. The number of nitrogens with zero attached hydrogens (tertiary/aromatic N) is 3. The number of aromatic nitrogens is 3. The highest BCUT2D eigenvalue weighted by Gasteiger charge is 2.14. The Morgan fingerprint density at radius 2 is 2.38 bits per heavy atom. The lowest BCUT2D eigenvalue weighted by Gasteiger charge is -2.11. The van der Waals surface area contributed by atoms with Crippen LogP contribution in [0.2, 0.25) is 0 Å². The number of guanidine groups is 1. The summed E-state index contributed by atoms with van der Waals surface area (Å²) in [6, 6.07) is 8.00. The highest BCUT2D eigenvalue weighted by atomic mass is 127. The highest BCUT2D eigenvalue weighted by Crippen LogP contribution is 2.16. The summed E-state index contributed by atoms with van der Waals surface area (Å²) in [5.41, 5.74) is 7.93. The van der Waals surface area contributed by atoms with Crippen LogP contribution in [0, 0.1) is 6.92 Å². The van der Waals surface area contributed by atoms with Crippen LogP contribution in [0.5, 0.6) is 0 Å². The number of hydrogen-bond donors (Lipinski definition) is 3. The third-order valence-electron chi connectivity index (χ3n) is 3.75. The molecule has 0 radical (unpaired) electrons. The molecule has 1 atom stereocenters. The van der Waals surface area contributed by atoms with Crippen LogP contribution in [0.4, 0.5) is 0 Å². The van der Waals surface area contributed by atoms with Crippen LogP contribution in [0.3, 0.4) is 0 Å². The fourth-order valence-electron chi connectivity index (χ4n) is 2.54. The van der Waals surface area contributed by atoms with Crippen molar-refractivity contribution in [2.24, 2.45) is 10.7 Å². The van der Waals surface area contributed by atoms with Crippen molar-refractivity contribution in [2.45, 2.75) is 32.4 Å². The predicted molar refractivity (Wildman–Crippen MR) is 104 cm³/mol. The molecule has 2 heterocycles. The molecule has 1 aromatic heterocycles. The van der Waals surface area contributed by atoms with Crippen LogP contribution < -0.4 is 11.1 Å². The zero-order valence-corrected chi connectivity index (χ0v) is 16.0. The first-order valence-corrected chi connectivity index (χ1v) is 7.84. The minimum atomic E-state index is 0. The molecule has 4 N–H and O–H groups in total. The smallest absolute Gasteiger partial charge is 0.189 e. The molecule has 7 nitrogen and oxygen atoms in total. The summed E-state index contributed by atoms with van der Waals surface area (Å²) in [5, 5.41) is 10.1. The molecule has 24 heavy (non-hydrogen) atoms. The highest BCUT2D eigenvalue weighted by molar-refractivity contribution is 14.0. The Morgan fingerprint density at radius 1 is 1.50 bits per heavy atom. The van der Waals surface area contributed by atoms with Crippen molar-refractivity contribution in [1.29, 1.82) is 0 Å². The van der Waals surface area contributed by atoms with E-state index in [1.165, 1.54) is 0 Å². The average Bonchev–Trinajstić information content (AvgIpc) is 3.23. The van der Waals surface area contributed by atoms with Crippen molar-refractivity contribution in [2.75, 3.05) is 13.2 Å². The first-order chi connectivity index (χ1) is 11.2. The van der Waals surface area contributed by atoms with Gasteiger partial charge in [-0.2, -0.15) is 5.10 Å². The zero-order chi connectivity index (χ0) is 16.1. The van der Waals surface area contributed by atoms with E-state index >= 15 is 0 Å². The van der Waals surface area contributed by atoms with Gasteiger partial charge >= 0.3 is 0 Å². The van der Waals surface area contributed by atoms with E-state index in [1.807, 2.05) is 31.2 Å². The van der Waals surface area contributed by atoms with E-state index in [0.717, 1.165) is 36.4 Å². The Morgan fingerprint density at radius 3 is 3.08 bits per heavy atom. The standard InChI is InChI=1S/C16H22N6O.HI/c1-11-20-15(22-21-11)13-5-2-4-12(8-13)9-18-16(17)19-10-14-6-3-7-23-14;/h2,4-5,8,14H,3,6-7,9-10H2,1H3,(H3,17,18,19)(H,20,21,22);1H. The molecule has 3 rings (SSSR count). The maximum atomic E-state index is 5.91. The van der Waals surface area contributed by atoms with Gasteiger partial charge in [-0.25, -0.2) is 9.98 Å². The Labute approximate surface area is 158 Å². The molecular weight excluding hydrogens is 419 g/mol. The van der Waals surface area contributed by atoms with E-state index in [-0.39, 0.29) is 30.1 Å². The van der Waals surface area contributed by atoms with Crippen molar-refractivity contribution < 1.29 is 4.74 Å². The largest absolute Gasteiger partial charge is 0.376 e. The topological polar surface area (TPSA) is 101 Å². The average molecular weight is 442 g/mol. The molecule has 1 aliphatic rings. The van der Waals surface area contributed by atoms with Gasteiger partial charge in [-0.05, 0) is 31.4 Å². The number of nitrogens with two attached hydrogens (primary N) is 1. The molecule has 1 unspecified atom stereocenters. The quantitative estimate of drug-likeness (QED) is 0.374. The van der Waals surface area contributed by atoms with Gasteiger partial charge in [0, 0.05) is 18.7 Å². The second-order valence-corrected chi connectivity index (χ2v) is 5.66. The molecule has 2 aromatic rings. The number of hydrogen-bond acceptors (Lipinski definition) is 4. The summed E-state index contributed by atoms with van der Waals surface area (Å²) in [5.74, 6) is 1.93. The van der Waals surface area contributed by atoms with E-state index in [2.05, 4.69) is 25.5 Å². The van der Waals surface area contributed by atoms with Crippen LogP contribution in [0.15, 0.2) is 29.3 Å². The third kappa shape index (κ3) is 5.17. The van der Waals surface area contributed by atoms with Crippen LogP contribution >= 0.6 is 24.0 Å². The summed E-state index contributed by atoms with van der Waals surface area (Å²) in [7, 11) is 0. The van der Waals surface area contributed by atoms with E-state index in [0.29, 0.717) is 24.9 Å². The Balaban J connectivity index is 0.00000208. The Hall–Kier alpha value is -1.68. The van der Waals surface area contributed by atoms with Crippen molar-refractivity contribution in [3.05, 3.63) is 35.7 Å². The van der Waals surface area contributed by atoms with Gasteiger partial charge in [-0.15, -0.1) is 24.0 Å². The van der Waals surface area contributed by atoms with Crippen molar-refractivity contribution in [3.8, 4) is 11.4 Å². The number of ether oxygens (including phenoxy) is 1.